The second-order valence-electron chi connectivity index (χ2n) is 2.97. The number of nitrogens with two attached hydrogens (primary N) is 2. The van der Waals surface area contributed by atoms with Crippen molar-refractivity contribution in [2.75, 3.05) is 6.54 Å². The molecule has 1 aliphatic rings. The van der Waals surface area contributed by atoms with Gasteiger partial charge in [0.05, 0.1) is 0 Å². The summed E-state index contributed by atoms with van der Waals surface area (Å²) in [6.07, 6.45) is 2.46. The molecule has 1 amide bonds. The molecule has 0 aromatic rings. The summed E-state index contributed by atoms with van der Waals surface area (Å²) in [4.78, 5) is 10.3. The van der Waals surface area contributed by atoms with Crippen LogP contribution >= 0.6 is 0 Å². The van der Waals surface area contributed by atoms with Crippen LogP contribution in [0, 0.1) is 5.92 Å². The average Bonchev–Trinajstić information content (AvgIpc) is 2.69. The Balaban J connectivity index is 2.17. The Labute approximate surface area is 65.9 Å². The van der Waals surface area contributed by atoms with Gasteiger partial charge < -0.3 is 16.2 Å². The first-order valence-corrected chi connectivity index (χ1v) is 3.88. The molecule has 64 valence electrons. The second kappa shape index (κ2) is 3.57. The van der Waals surface area contributed by atoms with Gasteiger partial charge in [0.25, 0.3) is 0 Å². The van der Waals surface area contributed by atoms with Crippen molar-refractivity contribution in [1.82, 2.24) is 0 Å². The highest BCUT2D eigenvalue weighted by Gasteiger charge is 2.26. The highest BCUT2D eigenvalue weighted by atomic mass is 16.6. The van der Waals surface area contributed by atoms with E-state index in [1.165, 1.54) is 12.8 Å². The normalized spacial score (nSPS) is 19.4. The van der Waals surface area contributed by atoms with Crippen LogP contribution in [0.3, 0.4) is 0 Å². The van der Waals surface area contributed by atoms with Crippen LogP contribution in [0.25, 0.3) is 0 Å². The Hall–Kier alpha value is -0.770. The Kier molecular flexibility index (Phi) is 2.70. The quantitative estimate of drug-likeness (QED) is 0.613. The van der Waals surface area contributed by atoms with E-state index in [9.17, 15) is 4.79 Å². The van der Waals surface area contributed by atoms with E-state index in [1.54, 1.807) is 0 Å². The Bertz CT molecular complexity index is 145. The van der Waals surface area contributed by atoms with Crippen LogP contribution in [0.2, 0.25) is 0 Å². The smallest absolute Gasteiger partial charge is 0.404 e. The molecule has 0 saturated heterocycles. The van der Waals surface area contributed by atoms with Crippen molar-refractivity contribution >= 4 is 6.09 Å². The Morgan fingerprint density at radius 2 is 2.27 bits per heavy atom. The van der Waals surface area contributed by atoms with Gasteiger partial charge >= 0.3 is 6.09 Å². The fourth-order valence-electron chi connectivity index (χ4n) is 1.08. The summed E-state index contributed by atoms with van der Waals surface area (Å²) in [5.41, 5.74) is 10.2. The minimum Gasteiger partial charge on any atom is -0.445 e. The molecule has 0 aromatic heterocycles. The van der Waals surface area contributed by atoms with Gasteiger partial charge in [0.15, 0.2) is 0 Å². The van der Waals surface area contributed by atoms with E-state index in [-0.39, 0.29) is 6.10 Å². The van der Waals surface area contributed by atoms with Gasteiger partial charge in [-0.2, -0.15) is 0 Å². The highest BCUT2D eigenvalue weighted by molar-refractivity contribution is 5.64. The number of hydrogen-bond donors (Lipinski definition) is 2. The lowest BCUT2D eigenvalue weighted by Crippen LogP contribution is -2.29. The minimum atomic E-state index is -0.721. The number of carbonyl (C=O) groups excluding carboxylic acids is 1. The van der Waals surface area contributed by atoms with Gasteiger partial charge in [-0.25, -0.2) is 4.79 Å². The maximum Gasteiger partial charge on any atom is 0.404 e. The molecule has 11 heavy (non-hydrogen) atoms. The first kappa shape index (κ1) is 8.33. The monoisotopic (exact) mass is 158 g/mol. The predicted molar refractivity (Wildman–Crippen MR) is 40.9 cm³/mol. The van der Waals surface area contributed by atoms with E-state index in [0.717, 1.165) is 6.42 Å². The zero-order valence-corrected chi connectivity index (χ0v) is 6.45. The Morgan fingerprint density at radius 3 is 2.64 bits per heavy atom. The summed E-state index contributed by atoms with van der Waals surface area (Å²) in [6, 6.07) is 0. The third kappa shape index (κ3) is 3.23. The van der Waals surface area contributed by atoms with E-state index in [1.807, 2.05) is 0 Å². The number of ether oxygens (including phenoxy) is 1. The molecule has 1 aliphatic carbocycles. The van der Waals surface area contributed by atoms with E-state index in [2.05, 4.69) is 0 Å². The van der Waals surface area contributed by atoms with Crippen LogP contribution in [-0.2, 0) is 4.74 Å². The SMILES string of the molecule is NC[C@H](CC1CC1)OC(N)=O. The number of rotatable bonds is 4. The summed E-state index contributed by atoms with van der Waals surface area (Å²) in [6.45, 7) is 0.374. The van der Waals surface area contributed by atoms with Crippen molar-refractivity contribution in [1.29, 1.82) is 0 Å². The zero-order valence-electron chi connectivity index (χ0n) is 6.45. The van der Waals surface area contributed by atoms with E-state index >= 15 is 0 Å². The van der Waals surface area contributed by atoms with Crippen molar-refractivity contribution in [3.05, 3.63) is 0 Å². The molecule has 0 spiro atoms. The van der Waals surface area contributed by atoms with Crippen LogP contribution in [0.4, 0.5) is 4.79 Å². The maximum atomic E-state index is 10.3. The lowest BCUT2D eigenvalue weighted by Gasteiger charge is -2.12. The van der Waals surface area contributed by atoms with Gasteiger partial charge in [-0.1, -0.05) is 12.8 Å². The van der Waals surface area contributed by atoms with E-state index in [0.29, 0.717) is 12.5 Å². The molecule has 0 radical (unpaired) electrons. The number of hydrogen-bond acceptors (Lipinski definition) is 3. The second-order valence-corrected chi connectivity index (χ2v) is 2.97. The van der Waals surface area contributed by atoms with Crippen LogP contribution < -0.4 is 11.5 Å². The predicted octanol–water partition coefficient (Wildman–Crippen LogP) is 0.209. The fraction of sp³-hybridized carbons (Fsp3) is 0.857. The third-order valence-corrected chi connectivity index (χ3v) is 1.84. The minimum absolute atomic E-state index is 0.167. The summed E-state index contributed by atoms with van der Waals surface area (Å²) in [5.74, 6) is 0.711. The average molecular weight is 158 g/mol. The molecule has 0 unspecified atom stereocenters. The largest absolute Gasteiger partial charge is 0.445 e. The van der Waals surface area contributed by atoms with Crippen molar-refractivity contribution in [3.63, 3.8) is 0 Å². The molecule has 1 rings (SSSR count). The molecule has 4 N–H and O–H groups in total. The molecular weight excluding hydrogens is 144 g/mol. The first-order chi connectivity index (χ1) is 5.22. The molecular formula is C7H14N2O2. The van der Waals surface area contributed by atoms with Gasteiger partial charge in [-0.3, -0.25) is 0 Å². The van der Waals surface area contributed by atoms with Crippen molar-refractivity contribution in [2.24, 2.45) is 17.4 Å². The molecule has 4 nitrogen and oxygen atoms in total. The lowest BCUT2D eigenvalue weighted by atomic mass is 10.2. The molecule has 4 heteroatoms. The molecule has 0 aromatic carbocycles. The van der Waals surface area contributed by atoms with Gasteiger partial charge in [0.1, 0.15) is 6.10 Å². The zero-order chi connectivity index (χ0) is 8.27. The van der Waals surface area contributed by atoms with Crippen LogP contribution in [0.5, 0.6) is 0 Å². The first-order valence-electron chi connectivity index (χ1n) is 3.88. The van der Waals surface area contributed by atoms with Gasteiger partial charge in [-0.15, -0.1) is 0 Å². The highest BCUT2D eigenvalue weighted by Crippen LogP contribution is 2.33. The van der Waals surface area contributed by atoms with Gasteiger partial charge in [0, 0.05) is 6.54 Å². The number of carbonyl (C=O) groups is 1. The van der Waals surface area contributed by atoms with Crippen LogP contribution in [-0.4, -0.2) is 18.7 Å². The molecule has 1 atom stereocenters. The standard InChI is InChI=1S/C7H14N2O2/c8-4-6(11-7(9)10)3-5-1-2-5/h5-6H,1-4,8H2,(H2,9,10)/t6-/m0/s1. The van der Waals surface area contributed by atoms with Crippen LogP contribution in [0.15, 0.2) is 0 Å². The lowest BCUT2D eigenvalue weighted by molar-refractivity contribution is 0.102. The summed E-state index contributed by atoms with van der Waals surface area (Å²) >= 11 is 0. The van der Waals surface area contributed by atoms with Gasteiger partial charge in [0.2, 0.25) is 0 Å². The topological polar surface area (TPSA) is 78.3 Å². The van der Waals surface area contributed by atoms with E-state index < -0.39 is 6.09 Å². The summed E-state index contributed by atoms with van der Waals surface area (Å²) in [5, 5.41) is 0. The maximum absolute atomic E-state index is 10.3. The fourth-order valence-corrected chi connectivity index (χ4v) is 1.08. The van der Waals surface area contributed by atoms with Crippen molar-refractivity contribution in [2.45, 2.75) is 25.4 Å². The molecule has 0 bridgehead atoms. The summed E-state index contributed by atoms with van der Waals surface area (Å²) < 4.78 is 4.76. The number of primary amides is 1. The third-order valence-electron chi connectivity index (χ3n) is 1.84. The molecule has 0 heterocycles. The molecule has 1 fully saturated rings. The Morgan fingerprint density at radius 1 is 1.64 bits per heavy atom. The van der Waals surface area contributed by atoms with E-state index in [4.69, 9.17) is 16.2 Å². The van der Waals surface area contributed by atoms with Gasteiger partial charge in [-0.05, 0) is 12.3 Å². The van der Waals surface area contributed by atoms with Crippen molar-refractivity contribution in [3.8, 4) is 0 Å². The van der Waals surface area contributed by atoms with Crippen LogP contribution in [0.1, 0.15) is 19.3 Å². The summed E-state index contributed by atoms with van der Waals surface area (Å²) in [7, 11) is 0. The van der Waals surface area contributed by atoms with Crippen molar-refractivity contribution < 1.29 is 9.53 Å². The molecule has 1 saturated carbocycles. The number of amides is 1. The molecule has 0 aliphatic heterocycles.